The quantitative estimate of drug-likeness (QED) is 0.587. The molecule has 0 aromatic heterocycles. The minimum atomic E-state index is -1.12. The van der Waals surface area contributed by atoms with Gasteiger partial charge in [-0.2, -0.15) is 0 Å². The standard InChI is InChI=1S/C20H22N2O5/c1-3-10-21-15-6-9-17(20(25)26)18(11-15)22(2)19(24)13-27-12-14-4-7-16(23)8-5-14/h3-9,11,21,23H,1,10,12-13H2,2H3,(H,25,26). The monoisotopic (exact) mass is 370 g/mol. The second kappa shape index (κ2) is 9.40. The second-order valence-electron chi connectivity index (χ2n) is 5.82. The molecule has 7 heteroatoms. The summed E-state index contributed by atoms with van der Waals surface area (Å²) in [4.78, 5) is 25.2. The molecule has 2 aromatic rings. The second-order valence-corrected chi connectivity index (χ2v) is 5.82. The molecule has 0 saturated carbocycles. The number of phenolic OH excluding ortho intramolecular Hbond substituents is 1. The fourth-order valence-corrected chi connectivity index (χ4v) is 2.37. The minimum Gasteiger partial charge on any atom is -0.508 e. The predicted molar refractivity (Wildman–Crippen MR) is 103 cm³/mol. The van der Waals surface area contributed by atoms with E-state index < -0.39 is 5.97 Å². The van der Waals surface area contributed by atoms with Crippen LogP contribution in [0.25, 0.3) is 0 Å². The maximum Gasteiger partial charge on any atom is 0.337 e. The fourth-order valence-electron chi connectivity index (χ4n) is 2.37. The average molecular weight is 370 g/mol. The lowest BCUT2D eigenvalue weighted by atomic mass is 10.1. The number of hydrogen-bond acceptors (Lipinski definition) is 5. The first kappa shape index (κ1) is 20.0. The lowest BCUT2D eigenvalue weighted by molar-refractivity contribution is -0.123. The first-order valence-electron chi connectivity index (χ1n) is 8.26. The molecule has 0 aliphatic carbocycles. The van der Waals surface area contributed by atoms with E-state index in [2.05, 4.69) is 11.9 Å². The van der Waals surface area contributed by atoms with Gasteiger partial charge in [0, 0.05) is 19.3 Å². The highest BCUT2D eigenvalue weighted by Gasteiger charge is 2.19. The summed E-state index contributed by atoms with van der Waals surface area (Å²) in [6, 6.07) is 11.1. The SMILES string of the molecule is C=CCNc1ccc(C(=O)O)c(N(C)C(=O)COCc2ccc(O)cc2)c1. The number of carbonyl (C=O) groups excluding carboxylic acids is 1. The lowest BCUT2D eigenvalue weighted by Gasteiger charge is -2.20. The third-order valence-corrected chi connectivity index (χ3v) is 3.84. The average Bonchev–Trinajstić information content (AvgIpc) is 2.66. The highest BCUT2D eigenvalue weighted by Crippen LogP contribution is 2.24. The van der Waals surface area contributed by atoms with E-state index in [1.165, 1.54) is 30.1 Å². The van der Waals surface area contributed by atoms with Crippen LogP contribution in [0.2, 0.25) is 0 Å². The molecule has 0 unspecified atom stereocenters. The number of anilines is 2. The van der Waals surface area contributed by atoms with Crippen LogP contribution in [-0.2, 0) is 16.1 Å². The van der Waals surface area contributed by atoms with Crippen LogP contribution in [0.5, 0.6) is 5.75 Å². The summed E-state index contributed by atoms with van der Waals surface area (Å²) in [5.41, 5.74) is 1.79. The summed E-state index contributed by atoms with van der Waals surface area (Å²) in [5.74, 6) is -1.34. The number of benzene rings is 2. The molecular weight excluding hydrogens is 348 g/mol. The number of amides is 1. The predicted octanol–water partition coefficient (Wildman–Crippen LogP) is 2.87. The number of nitrogens with one attached hydrogen (secondary N) is 1. The van der Waals surface area contributed by atoms with Crippen LogP contribution < -0.4 is 10.2 Å². The largest absolute Gasteiger partial charge is 0.508 e. The number of hydrogen-bond donors (Lipinski definition) is 3. The first-order chi connectivity index (χ1) is 12.9. The van der Waals surface area contributed by atoms with Crippen molar-refractivity contribution in [1.29, 1.82) is 0 Å². The zero-order valence-electron chi connectivity index (χ0n) is 15.0. The Bertz CT molecular complexity index is 818. The van der Waals surface area contributed by atoms with Gasteiger partial charge in [0.1, 0.15) is 12.4 Å². The molecule has 0 aliphatic heterocycles. The Kier molecular flexibility index (Phi) is 6.96. The number of aromatic hydroxyl groups is 1. The number of carboxylic acid groups (broad SMARTS) is 1. The summed E-state index contributed by atoms with van der Waals surface area (Å²) in [7, 11) is 1.51. The van der Waals surface area contributed by atoms with Crippen LogP contribution in [0.3, 0.4) is 0 Å². The molecule has 0 saturated heterocycles. The Morgan fingerprint density at radius 3 is 2.56 bits per heavy atom. The Morgan fingerprint density at radius 1 is 1.22 bits per heavy atom. The molecule has 0 spiro atoms. The molecule has 0 radical (unpaired) electrons. The molecule has 2 rings (SSSR count). The van der Waals surface area contributed by atoms with Gasteiger partial charge in [0.25, 0.3) is 5.91 Å². The van der Waals surface area contributed by atoms with E-state index >= 15 is 0 Å². The number of phenols is 1. The van der Waals surface area contributed by atoms with E-state index in [0.29, 0.717) is 12.2 Å². The van der Waals surface area contributed by atoms with Crippen molar-refractivity contribution >= 4 is 23.3 Å². The van der Waals surface area contributed by atoms with E-state index in [4.69, 9.17) is 4.74 Å². The number of nitrogens with zero attached hydrogens (tertiary/aromatic N) is 1. The maximum atomic E-state index is 12.4. The third kappa shape index (κ3) is 5.58. The molecule has 142 valence electrons. The molecule has 0 heterocycles. The van der Waals surface area contributed by atoms with Gasteiger partial charge in [-0.25, -0.2) is 4.79 Å². The normalized spacial score (nSPS) is 10.3. The summed E-state index contributed by atoms with van der Waals surface area (Å²) in [6.07, 6.45) is 1.68. The van der Waals surface area contributed by atoms with Crippen molar-refractivity contribution in [2.75, 3.05) is 30.4 Å². The molecule has 0 atom stereocenters. The van der Waals surface area contributed by atoms with E-state index in [0.717, 1.165) is 5.56 Å². The van der Waals surface area contributed by atoms with Crippen molar-refractivity contribution in [3.05, 3.63) is 66.2 Å². The molecule has 0 fully saturated rings. The lowest BCUT2D eigenvalue weighted by Crippen LogP contribution is -2.31. The van der Waals surface area contributed by atoms with E-state index in [1.807, 2.05) is 0 Å². The summed E-state index contributed by atoms with van der Waals surface area (Å²) >= 11 is 0. The van der Waals surface area contributed by atoms with Gasteiger partial charge in [0.05, 0.1) is 17.9 Å². The van der Waals surface area contributed by atoms with E-state index in [1.54, 1.807) is 30.3 Å². The summed E-state index contributed by atoms with van der Waals surface area (Å²) in [5, 5.41) is 21.7. The van der Waals surface area contributed by atoms with Crippen LogP contribution in [-0.4, -0.2) is 42.3 Å². The highest BCUT2D eigenvalue weighted by molar-refractivity contribution is 6.02. The van der Waals surface area contributed by atoms with Crippen molar-refractivity contribution < 1.29 is 24.5 Å². The van der Waals surface area contributed by atoms with Crippen molar-refractivity contribution in [1.82, 2.24) is 0 Å². The molecule has 1 amide bonds. The van der Waals surface area contributed by atoms with Crippen LogP contribution >= 0.6 is 0 Å². The molecule has 27 heavy (non-hydrogen) atoms. The number of aromatic carboxylic acids is 1. The van der Waals surface area contributed by atoms with Gasteiger partial charge in [0.15, 0.2) is 0 Å². The van der Waals surface area contributed by atoms with Crippen molar-refractivity contribution in [3.63, 3.8) is 0 Å². The molecule has 0 bridgehead atoms. The Morgan fingerprint density at radius 2 is 1.93 bits per heavy atom. The molecule has 2 aromatic carbocycles. The van der Waals surface area contributed by atoms with Gasteiger partial charge >= 0.3 is 5.97 Å². The van der Waals surface area contributed by atoms with Gasteiger partial charge in [-0.05, 0) is 35.9 Å². The van der Waals surface area contributed by atoms with Gasteiger partial charge in [0.2, 0.25) is 0 Å². The fraction of sp³-hybridized carbons (Fsp3) is 0.200. The van der Waals surface area contributed by atoms with Gasteiger partial charge < -0.3 is 25.2 Å². The number of rotatable bonds is 9. The van der Waals surface area contributed by atoms with Crippen molar-refractivity contribution in [2.45, 2.75) is 6.61 Å². The van der Waals surface area contributed by atoms with Crippen molar-refractivity contribution in [3.8, 4) is 5.75 Å². The zero-order chi connectivity index (χ0) is 19.8. The number of likely N-dealkylation sites (N-methyl/N-ethyl adjacent to an activating group) is 1. The third-order valence-electron chi connectivity index (χ3n) is 3.84. The van der Waals surface area contributed by atoms with Crippen LogP contribution in [0.15, 0.2) is 55.1 Å². The summed E-state index contributed by atoms with van der Waals surface area (Å²) in [6.45, 7) is 4.13. The van der Waals surface area contributed by atoms with Gasteiger partial charge in [-0.15, -0.1) is 6.58 Å². The van der Waals surface area contributed by atoms with E-state index in [-0.39, 0.29) is 36.1 Å². The Labute approximate surface area is 157 Å². The zero-order valence-corrected chi connectivity index (χ0v) is 15.0. The molecule has 7 nitrogen and oxygen atoms in total. The van der Waals surface area contributed by atoms with Crippen LogP contribution in [0.1, 0.15) is 15.9 Å². The van der Waals surface area contributed by atoms with Gasteiger partial charge in [-0.1, -0.05) is 18.2 Å². The van der Waals surface area contributed by atoms with Crippen LogP contribution in [0.4, 0.5) is 11.4 Å². The molecular formula is C20H22N2O5. The van der Waals surface area contributed by atoms with E-state index in [9.17, 15) is 19.8 Å². The Balaban J connectivity index is 2.06. The number of ether oxygens (including phenoxy) is 1. The van der Waals surface area contributed by atoms with Gasteiger partial charge in [-0.3, -0.25) is 4.79 Å². The summed E-state index contributed by atoms with van der Waals surface area (Å²) < 4.78 is 5.41. The first-order valence-corrected chi connectivity index (χ1v) is 8.26. The van der Waals surface area contributed by atoms with Crippen LogP contribution in [0, 0.1) is 0 Å². The number of carboxylic acids is 1. The highest BCUT2D eigenvalue weighted by atomic mass is 16.5. The minimum absolute atomic E-state index is 0.0218. The maximum absolute atomic E-state index is 12.4. The van der Waals surface area contributed by atoms with Crippen molar-refractivity contribution in [2.24, 2.45) is 0 Å². The molecule has 0 aliphatic rings. The smallest absolute Gasteiger partial charge is 0.337 e. The molecule has 3 N–H and O–H groups in total. The Hall–Kier alpha value is -3.32. The number of carbonyl (C=O) groups is 2. The topological polar surface area (TPSA) is 99.1 Å².